The minimum Gasteiger partial charge on any atom is -0.337 e. The van der Waals surface area contributed by atoms with Crippen LogP contribution in [-0.2, 0) is 11.8 Å². The monoisotopic (exact) mass is 377 g/mol. The van der Waals surface area contributed by atoms with Gasteiger partial charge in [0.1, 0.15) is 5.54 Å². The summed E-state index contributed by atoms with van der Waals surface area (Å²) in [6.45, 7) is 5.52. The Labute approximate surface area is 156 Å². The summed E-state index contributed by atoms with van der Waals surface area (Å²) < 4.78 is 1.80. The zero-order valence-corrected chi connectivity index (χ0v) is 16.1. The van der Waals surface area contributed by atoms with E-state index in [0.29, 0.717) is 16.0 Å². The zero-order chi connectivity index (χ0) is 18.6. The fraction of sp³-hybridized carbons (Fsp3) is 0.412. The molecule has 1 aromatic heterocycles. The molecular weight excluding hydrogens is 358 g/mol. The Kier molecular flexibility index (Phi) is 6.09. The van der Waals surface area contributed by atoms with Gasteiger partial charge in [0.2, 0.25) is 5.91 Å². The smallest absolute Gasteiger partial charge is 0.231 e. The first kappa shape index (κ1) is 19.3. The van der Waals surface area contributed by atoms with E-state index in [0.717, 1.165) is 5.56 Å². The van der Waals surface area contributed by atoms with Crippen LogP contribution in [0.4, 0.5) is 0 Å². The topological polar surface area (TPSA) is 83.6 Å². The van der Waals surface area contributed by atoms with Crippen LogP contribution in [0.3, 0.4) is 0 Å². The van der Waals surface area contributed by atoms with Gasteiger partial charge in [-0.3, -0.25) is 4.79 Å². The molecule has 1 atom stereocenters. The number of nitrogens with one attached hydrogen (secondary N) is 1. The third-order valence-electron chi connectivity index (χ3n) is 4.07. The van der Waals surface area contributed by atoms with Crippen molar-refractivity contribution in [1.29, 1.82) is 5.26 Å². The molecule has 0 aliphatic heterocycles. The van der Waals surface area contributed by atoms with E-state index in [1.165, 1.54) is 11.8 Å². The number of carbonyl (C=O) groups is 1. The number of hydrogen-bond acceptors (Lipinski definition) is 5. The SMILES string of the molecule is CC(C)[C@@](C)(C#N)NC(=O)CSc1nnc(-c2ccccc2Cl)n1C. The normalized spacial score (nSPS) is 13.3. The molecule has 0 aliphatic carbocycles. The summed E-state index contributed by atoms with van der Waals surface area (Å²) >= 11 is 7.47. The van der Waals surface area contributed by atoms with E-state index in [2.05, 4.69) is 21.6 Å². The number of amides is 1. The standard InChI is InChI=1S/C17H20ClN5OS/c1-11(2)17(3,10-19)20-14(24)9-25-16-22-21-15(23(16)4)12-7-5-6-8-13(12)18/h5-8,11H,9H2,1-4H3,(H,20,24)/t17-/m1/s1. The molecule has 2 aromatic rings. The van der Waals surface area contributed by atoms with Crippen molar-refractivity contribution in [1.82, 2.24) is 20.1 Å². The van der Waals surface area contributed by atoms with Crippen molar-refractivity contribution in [3.05, 3.63) is 29.3 Å². The van der Waals surface area contributed by atoms with Gasteiger partial charge in [-0.1, -0.05) is 49.3 Å². The molecule has 0 fully saturated rings. The van der Waals surface area contributed by atoms with Crippen molar-refractivity contribution >= 4 is 29.3 Å². The molecule has 0 saturated carbocycles. The van der Waals surface area contributed by atoms with Gasteiger partial charge in [0.25, 0.3) is 0 Å². The van der Waals surface area contributed by atoms with Gasteiger partial charge >= 0.3 is 0 Å². The predicted molar refractivity (Wildman–Crippen MR) is 99.2 cm³/mol. The molecule has 8 heteroatoms. The summed E-state index contributed by atoms with van der Waals surface area (Å²) in [7, 11) is 1.83. The van der Waals surface area contributed by atoms with Crippen molar-refractivity contribution < 1.29 is 4.79 Å². The Morgan fingerprint density at radius 2 is 2.12 bits per heavy atom. The van der Waals surface area contributed by atoms with Crippen molar-refractivity contribution in [2.24, 2.45) is 13.0 Å². The van der Waals surface area contributed by atoms with E-state index in [1.54, 1.807) is 17.6 Å². The third-order valence-corrected chi connectivity index (χ3v) is 5.42. The molecule has 2 rings (SSSR count). The number of nitriles is 1. The number of benzene rings is 1. The van der Waals surface area contributed by atoms with Crippen LogP contribution in [0.1, 0.15) is 20.8 Å². The van der Waals surface area contributed by atoms with Crippen LogP contribution in [-0.4, -0.2) is 32.0 Å². The Bertz CT molecular complexity index is 814. The predicted octanol–water partition coefficient (Wildman–Crippen LogP) is 3.28. The Hall–Kier alpha value is -2.04. The lowest BCUT2D eigenvalue weighted by atomic mass is 9.90. The highest BCUT2D eigenvalue weighted by atomic mass is 35.5. The van der Waals surface area contributed by atoms with Gasteiger partial charge in [-0.15, -0.1) is 10.2 Å². The van der Waals surface area contributed by atoms with Gasteiger partial charge in [0.05, 0.1) is 16.8 Å². The molecule has 1 aromatic carbocycles. The van der Waals surface area contributed by atoms with Gasteiger partial charge in [0, 0.05) is 12.6 Å². The molecule has 1 amide bonds. The second kappa shape index (κ2) is 7.89. The molecule has 0 aliphatic rings. The van der Waals surface area contributed by atoms with Crippen LogP contribution in [0, 0.1) is 17.2 Å². The average Bonchev–Trinajstić information content (AvgIpc) is 2.94. The summed E-state index contributed by atoms with van der Waals surface area (Å²) in [6.07, 6.45) is 0. The van der Waals surface area contributed by atoms with Crippen LogP contribution < -0.4 is 5.32 Å². The first-order valence-corrected chi connectivity index (χ1v) is 9.14. The molecule has 1 N–H and O–H groups in total. The summed E-state index contributed by atoms with van der Waals surface area (Å²) in [6, 6.07) is 9.55. The molecule has 0 radical (unpaired) electrons. The lowest BCUT2D eigenvalue weighted by molar-refractivity contribution is -0.120. The van der Waals surface area contributed by atoms with Gasteiger partial charge in [0.15, 0.2) is 11.0 Å². The van der Waals surface area contributed by atoms with Crippen molar-refractivity contribution in [2.75, 3.05) is 5.75 Å². The van der Waals surface area contributed by atoms with E-state index < -0.39 is 5.54 Å². The van der Waals surface area contributed by atoms with Crippen LogP contribution in [0.5, 0.6) is 0 Å². The zero-order valence-electron chi connectivity index (χ0n) is 14.6. The molecule has 1 heterocycles. The van der Waals surface area contributed by atoms with Gasteiger partial charge < -0.3 is 9.88 Å². The van der Waals surface area contributed by atoms with Crippen molar-refractivity contribution in [3.63, 3.8) is 0 Å². The van der Waals surface area contributed by atoms with Crippen LogP contribution >= 0.6 is 23.4 Å². The Morgan fingerprint density at radius 3 is 2.72 bits per heavy atom. The van der Waals surface area contributed by atoms with Gasteiger partial charge in [-0.05, 0) is 25.0 Å². The summed E-state index contributed by atoms with van der Waals surface area (Å²) in [5.74, 6) is 0.578. The quantitative estimate of drug-likeness (QED) is 0.781. The summed E-state index contributed by atoms with van der Waals surface area (Å²) in [5, 5.41) is 21.6. The van der Waals surface area contributed by atoms with Crippen LogP contribution in [0.15, 0.2) is 29.4 Å². The number of nitrogens with zero attached hydrogens (tertiary/aromatic N) is 4. The molecule has 0 bridgehead atoms. The largest absolute Gasteiger partial charge is 0.337 e. The number of halogens is 1. The highest BCUT2D eigenvalue weighted by molar-refractivity contribution is 7.99. The first-order valence-electron chi connectivity index (χ1n) is 7.78. The lowest BCUT2D eigenvalue weighted by Gasteiger charge is -2.27. The summed E-state index contributed by atoms with van der Waals surface area (Å²) in [4.78, 5) is 12.2. The van der Waals surface area contributed by atoms with Gasteiger partial charge in [-0.2, -0.15) is 5.26 Å². The van der Waals surface area contributed by atoms with Crippen LogP contribution in [0.25, 0.3) is 11.4 Å². The maximum atomic E-state index is 12.2. The number of thioether (sulfide) groups is 1. The van der Waals surface area contributed by atoms with Crippen LogP contribution in [0.2, 0.25) is 5.02 Å². The minimum atomic E-state index is -0.889. The molecule has 6 nitrogen and oxygen atoms in total. The van der Waals surface area contributed by atoms with Gasteiger partial charge in [-0.25, -0.2) is 0 Å². The molecule has 132 valence electrons. The number of carbonyl (C=O) groups excluding carboxylic acids is 1. The maximum absolute atomic E-state index is 12.2. The van der Waals surface area contributed by atoms with Crippen molar-refractivity contribution in [3.8, 4) is 17.5 Å². The fourth-order valence-electron chi connectivity index (χ4n) is 2.07. The first-order chi connectivity index (χ1) is 11.8. The second-order valence-electron chi connectivity index (χ2n) is 6.15. The average molecular weight is 378 g/mol. The number of rotatable bonds is 6. The highest BCUT2D eigenvalue weighted by Crippen LogP contribution is 2.28. The van der Waals surface area contributed by atoms with E-state index in [4.69, 9.17) is 11.6 Å². The molecule has 0 spiro atoms. The fourth-order valence-corrected chi connectivity index (χ4v) is 3.01. The molecule has 0 saturated heterocycles. The maximum Gasteiger partial charge on any atom is 0.231 e. The Balaban J connectivity index is 2.07. The van der Waals surface area contributed by atoms with E-state index >= 15 is 0 Å². The van der Waals surface area contributed by atoms with Crippen molar-refractivity contribution in [2.45, 2.75) is 31.5 Å². The molecule has 25 heavy (non-hydrogen) atoms. The van der Waals surface area contributed by atoms with E-state index in [1.807, 2.05) is 39.1 Å². The molecular formula is C17H20ClN5OS. The van der Waals surface area contributed by atoms with E-state index in [9.17, 15) is 10.1 Å². The number of hydrogen-bond donors (Lipinski definition) is 1. The minimum absolute atomic E-state index is 0.00750. The van der Waals surface area contributed by atoms with E-state index in [-0.39, 0.29) is 17.6 Å². The number of aromatic nitrogens is 3. The molecule has 0 unspecified atom stereocenters. The third kappa shape index (κ3) is 4.33. The lowest BCUT2D eigenvalue weighted by Crippen LogP contribution is -2.49. The Morgan fingerprint density at radius 1 is 1.44 bits per heavy atom. The summed E-state index contributed by atoms with van der Waals surface area (Å²) in [5.41, 5.74) is -0.104. The highest BCUT2D eigenvalue weighted by Gasteiger charge is 2.30. The second-order valence-corrected chi connectivity index (χ2v) is 7.50.